The molecular weight excluding hydrogens is 250 g/mol. The van der Waals surface area contributed by atoms with E-state index in [2.05, 4.69) is 38.0 Å². The number of nitrogens with zero attached hydrogens (tertiary/aromatic N) is 2. The van der Waals surface area contributed by atoms with Gasteiger partial charge in [-0.05, 0) is 37.5 Å². The van der Waals surface area contributed by atoms with E-state index in [9.17, 15) is 4.79 Å². The molecule has 0 bridgehead atoms. The molecule has 2 rings (SSSR count). The lowest BCUT2D eigenvalue weighted by Crippen LogP contribution is -2.35. The van der Waals surface area contributed by atoms with Crippen molar-refractivity contribution in [1.82, 2.24) is 9.55 Å². The molecule has 1 saturated carbocycles. The molecule has 1 aromatic heterocycles. The van der Waals surface area contributed by atoms with Crippen molar-refractivity contribution in [3.63, 3.8) is 0 Å². The van der Waals surface area contributed by atoms with Gasteiger partial charge in [0.25, 0.3) is 5.56 Å². The molecular formula is C16H27N3O. The molecule has 1 heterocycles. The van der Waals surface area contributed by atoms with Gasteiger partial charge in [-0.1, -0.05) is 27.7 Å². The average Bonchev–Trinajstić information content (AvgIpc) is 2.67. The molecule has 112 valence electrons. The van der Waals surface area contributed by atoms with Crippen LogP contribution in [0.5, 0.6) is 0 Å². The molecule has 20 heavy (non-hydrogen) atoms. The largest absolute Gasteiger partial charge is 0.365 e. The smallest absolute Gasteiger partial charge is 0.293 e. The van der Waals surface area contributed by atoms with Crippen LogP contribution in [0.4, 0.5) is 5.82 Å². The lowest BCUT2D eigenvalue weighted by atomic mass is 10.0. The molecule has 0 aliphatic heterocycles. The summed E-state index contributed by atoms with van der Waals surface area (Å²) in [6, 6.07) is 0. The lowest BCUT2D eigenvalue weighted by Gasteiger charge is -2.22. The van der Waals surface area contributed by atoms with Gasteiger partial charge in [0.15, 0.2) is 5.82 Å². The van der Waals surface area contributed by atoms with Crippen LogP contribution in [-0.4, -0.2) is 16.1 Å². The summed E-state index contributed by atoms with van der Waals surface area (Å²) < 4.78 is 1.73. The van der Waals surface area contributed by atoms with Crippen LogP contribution in [0.2, 0.25) is 0 Å². The maximum atomic E-state index is 12.4. The van der Waals surface area contributed by atoms with E-state index in [1.165, 1.54) is 0 Å². The monoisotopic (exact) mass is 277 g/mol. The standard InChI is InChI=1S/C16H27N3O/c1-14(2,3)19-9-8-17-12(13(19)20)18-10-11-15(4,5)16(11,6)7/h8-9,11H,10H2,1-7H3,(H,17,18). The van der Waals surface area contributed by atoms with Crippen molar-refractivity contribution >= 4 is 5.82 Å². The highest BCUT2D eigenvalue weighted by Gasteiger charge is 2.64. The molecule has 0 spiro atoms. The van der Waals surface area contributed by atoms with Gasteiger partial charge >= 0.3 is 0 Å². The maximum absolute atomic E-state index is 12.4. The molecule has 1 aliphatic rings. The summed E-state index contributed by atoms with van der Waals surface area (Å²) in [5.41, 5.74) is 0.362. The van der Waals surface area contributed by atoms with Crippen LogP contribution in [0, 0.1) is 16.7 Å². The molecule has 1 fully saturated rings. The molecule has 0 aromatic carbocycles. The molecule has 1 N–H and O–H groups in total. The first kappa shape index (κ1) is 15.1. The van der Waals surface area contributed by atoms with Crippen molar-refractivity contribution in [2.45, 2.75) is 54.0 Å². The van der Waals surface area contributed by atoms with E-state index in [0.717, 1.165) is 6.54 Å². The van der Waals surface area contributed by atoms with E-state index in [1.807, 2.05) is 20.8 Å². The Labute approximate surface area is 121 Å². The molecule has 0 radical (unpaired) electrons. The Morgan fingerprint density at radius 2 is 1.80 bits per heavy atom. The predicted octanol–water partition coefficient (Wildman–Crippen LogP) is 3.09. The van der Waals surface area contributed by atoms with E-state index >= 15 is 0 Å². The quantitative estimate of drug-likeness (QED) is 0.923. The van der Waals surface area contributed by atoms with Crippen molar-refractivity contribution in [3.05, 3.63) is 22.7 Å². The first-order valence-electron chi connectivity index (χ1n) is 7.31. The summed E-state index contributed by atoms with van der Waals surface area (Å²) in [6.45, 7) is 16.0. The Balaban J connectivity index is 2.15. The second-order valence-electron chi connectivity index (χ2n) is 8.00. The Bertz CT molecular complexity index is 550. The lowest BCUT2D eigenvalue weighted by molar-refractivity contribution is 0.383. The molecule has 0 atom stereocenters. The molecule has 4 nitrogen and oxygen atoms in total. The van der Waals surface area contributed by atoms with Crippen LogP contribution < -0.4 is 10.9 Å². The fourth-order valence-electron chi connectivity index (χ4n) is 3.10. The third-order valence-corrected chi connectivity index (χ3v) is 5.36. The minimum absolute atomic E-state index is 0.0451. The molecule has 1 aromatic rings. The molecule has 0 saturated heterocycles. The Morgan fingerprint density at radius 3 is 2.25 bits per heavy atom. The number of hydrogen-bond donors (Lipinski definition) is 1. The Hall–Kier alpha value is -1.32. The fraction of sp³-hybridized carbons (Fsp3) is 0.750. The number of nitrogens with one attached hydrogen (secondary N) is 1. The predicted molar refractivity (Wildman–Crippen MR) is 83.0 cm³/mol. The SMILES string of the molecule is CC(C)(C)n1ccnc(NCC2C(C)(C)C2(C)C)c1=O. The topological polar surface area (TPSA) is 46.9 Å². The van der Waals surface area contributed by atoms with Crippen molar-refractivity contribution in [2.24, 2.45) is 16.7 Å². The van der Waals surface area contributed by atoms with Gasteiger partial charge < -0.3 is 9.88 Å². The normalized spacial score (nSPS) is 20.8. The first-order chi connectivity index (χ1) is 8.99. The van der Waals surface area contributed by atoms with Crippen LogP contribution in [0.3, 0.4) is 0 Å². The number of hydrogen-bond acceptors (Lipinski definition) is 3. The zero-order chi connectivity index (χ0) is 15.3. The molecule has 1 aliphatic carbocycles. The minimum atomic E-state index is -0.228. The molecule has 0 amide bonds. The highest BCUT2D eigenvalue weighted by Crippen LogP contribution is 2.68. The van der Waals surface area contributed by atoms with Crippen molar-refractivity contribution in [2.75, 3.05) is 11.9 Å². The van der Waals surface area contributed by atoms with Crippen LogP contribution in [0.15, 0.2) is 17.2 Å². The van der Waals surface area contributed by atoms with Crippen LogP contribution >= 0.6 is 0 Å². The van der Waals surface area contributed by atoms with Crippen molar-refractivity contribution < 1.29 is 0 Å². The third-order valence-electron chi connectivity index (χ3n) is 5.36. The number of aromatic nitrogens is 2. The zero-order valence-corrected chi connectivity index (χ0v) is 13.7. The summed E-state index contributed by atoms with van der Waals surface area (Å²) in [6.07, 6.45) is 3.44. The Kier molecular flexibility index (Phi) is 3.27. The summed E-state index contributed by atoms with van der Waals surface area (Å²) in [4.78, 5) is 16.6. The van der Waals surface area contributed by atoms with Gasteiger partial charge in [0.2, 0.25) is 0 Å². The summed E-state index contributed by atoms with van der Waals surface area (Å²) >= 11 is 0. The van der Waals surface area contributed by atoms with Gasteiger partial charge in [0.1, 0.15) is 0 Å². The molecule has 0 unspecified atom stereocenters. The third kappa shape index (κ3) is 2.25. The highest BCUT2D eigenvalue weighted by molar-refractivity contribution is 5.33. The minimum Gasteiger partial charge on any atom is -0.365 e. The van der Waals surface area contributed by atoms with Gasteiger partial charge in [-0.2, -0.15) is 0 Å². The van der Waals surface area contributed by atoms with E-state index in [0.29, 0.717) is 22.6 Å². The number of anilines is 1. The van der Waals surface area contributed by atoms with E-state index in [4.69, 9.17) is 0 Å². The van der Waals surface area contributed by atoms with Crippen molar-refractivity contribution in [3.8, 4) is 0 Å². The van der Waals surface area contributed by atoms with E-state index < -0.39 is 0 Å². The van der Waals surface area contributed by atoms with Gasteiger partial charge in [-0.3, -0.25) is 4.79 Å². The fourth-order valence-corrected chi connectivity index (χ4v) is 3.10. The van der Waals surface area contributed by atoms with Gasteiger partial charge in [-0.15, -0.1) is 0 Å². The highest BCUT2D eigenvalue weighted by atomic mass is 16.1. The van der Waals surface area contributed by atoms with Crippen LogP contribution in [0.1, 0.15) is 48.5 Å². The van der Waals surface area contributed by atoms with Gasteiger partial charge in [0, 0.05) is 24.5 Å². The summed E-state index contributed by atoms with van der Waals surface area (Å²) in [5, 5.41) is 3.25. The first-order valence-corrected chi connectivity index (χ1v) is 7.31. The Morgan fingerprint density at radius 1 is 1.25 bits per heavy atom. The zero-order valence-electron chi connectivity index (χ0n) is 13.7. The van der Waals surface area contributed by atoms with Crippen LogP contribution in [0.25, 0.3) is 0 Å². The van der Waals surface area contributed by atoms with Crippen molar-refractivity contribution in [1.29, 1.82) is 0 Å². The molecule has 4 heteroatoms. The maximum Gasteiger partial charge on any atom is 0.293 e. The summed E-state index contributed by atoms with van der Waals surface area (Å²) in [7, 11) is 0. The van der Waals surface area contributed by atoms with E-state index in [1.54, 1.807) is 17.0 Å². The summed E-state index contributed by atoms with van der Waals surface area (Å²) in [5.74, 6) is 1.03. The second-order valence-corrected chi connectivity index (χ2v) is 8.00. The number of rotatable bonds is 3. The van der Waals surface area contributed by atoms with Gasteiger partial charge in [0.05, 0.1) is 0 Å². The second kappa shape index (κ2) is 4.34. The van der Waals surface area contributed by atoms with Crippen LogP contribution in [-0.2, 0) is 5.54 Å². The van der Waals surface area contributed by atoms with E-state index in [-0.39, 0.29) is 11.1 Å². The average molecular weight is 277 g/mol. The van der Waals surface area contributed by atoms with Gasteiger partial charge in [-0.25, -0.2) is 4.98 Å².